The molecular weight excluding hydrogens is 468 g/mol. The predicted molar refractivity (Wildman–Crippen MR) is 132 cm³/mol. The molecule has 10 heteroatoms. The number of hydrogen-bond donors (Lipinski definition) is 4. The summed E-state index contributed by atoms with van der Waals surface area (Å²) in [6, 6.07) is 6.98. The third-order valence-corrected chi connectivity index (χ3v) is 7.22. The van der Waals surface area contributed by atoms with Gasteiger partial charge in [0.2, 0.25) is 11.7 Å². The summed E-state index contributed by atoms with van der Waals surface area (Å²) >= 11 is 6.12. The molecule has 182 valence electrons. The molecule has 5 atom stereocenters. The molecule has 2 saturated carbocycles. The van der Waals surface area contributed by atoms with Gasteiger partial charge in [0.05, 0.1) is 23.9 Å². The van der Waals surface area contributed by atoms with Crippen LogP contribution in [0.5, 0.6) is 0 Å². The lowest BCUT2D eigenvalue weighted by Crippen LogP contribution is -2.41. The number of imidazole rings is 1. The maximum atomic E-state index is 12.5. The van der Waals surface area contributed by atoms with Crippen molar-refractivity contribution < 1.29 is 15.0 Å². The lowest BCUT2D eigenvalue weighted by atomic mass is 9.98. The van der Waals surface area contributed by atoms with Crippen LogP contribution in [0.25, 0.3) is 11.2 Å². The number of rotatable bonds is 6. The van der Waals surface area contributed by atoms with Crippen LogP contribution in [0.15, 0.2) is 30.6 Å². The molecule has 9 nitrogen and oxygen atoms in total. The van der Waals surface area contributed by atoms with Crippen molar-refractivity contribution in [3.63, 3.8) is 0 Å². The van der Waals surface area contributed by atoms with E-state index in [0.717, 1.165) is 18.4 Å². The quantitative estimate of drug-likeness (QED) is 0.387. The van der Waals surface area contributed by atoms with Gasteiger partial charge in [-0.15, -0.1) is 0 Å². The lowest BCUT2D eigenvalue weighted by Gasteiger charge is -2.23. The van der Waals surface area contributed by atoms with Crippen LogP contribution in [-0.4, -0.2) is 54.9 Å². The maximum Gasteiger partial charge on any atom is 0.229 e. The fourth-order valence-corrected chi connectivity index (χ4v) is 5.41. The summed E-state index contributed by atoms with van der Waals surface area (Å²) in [6.07, 6.45) is 1.42. The first-order valence-corrected chi connectivity index (χ1v) is 12.1. The van der Waals surface area contributed by atoms with Gasteiger partial charge in [0.25, 0.3) is 0 Å². The van der Waals surface area contributed by atoms with Gasteiger partial charge >= 0.3 is 0 Å². The van der Waals surface area contributed by atoms with Crippen LogP contribution < -0.4 is 10.6 Å². The van der Waals surface area contributed by atoms with Gasteiger partial charge in [-0.05, 0) is 36.5 Å². The van der Waals surface area contributed by atoms with E-state index in [4.69, 9.17) is 11.6 Å². The summed E-state index contributed by atoms with van der Waals surface area (Å²) in [6.45, 7) is 2.52. The normalized spacial score (nSPS) is 26.7. The summed E-state index contributed by atoms with van der Waals surface area (Å²) in [4.78, 5) is 26.3. The molecule has 2 heterocycles. The van der Waals surface area contributed by atoms with Crippen LogP contribution in [0.2, 0.25) is 5.02 Å². The molecule has 2 fully saturated rings. The third-order valence-electron chi connectivity index (χ3n) is 6.99. The Bertz CT molecular complexity index is 1350. The molecule has 2 aromatic heterocycles. The second-order valence-corrected chi connectivity index (χ2v) is 9.55. The van der Waals surface area contributed by atoms with Gasteiger partial charge in [-0.25, -0.2) is 15.0 Å². The predicted octanol–water partition coefficient (Wildman–Crippen LogP) is 2.27. The fraction of sp³-hybridized carbons (Fsp3) is 0.440. The van der Waals surface area contributed by atoms with Crippen molar-refractivity contribution in [2.45, 2.75) is 51.0 Å². The van der Waals surface area contributed by atoms with Crippen molar-refractivity contribution in [1.29, 1.82) is 0 Å². The van der Waals surface area contributed by atoms with Crippen LogP contribution in [0.4, 0.5) is 5.82 Å². The van der Waals surface area contributed by atoms with Gasteiger partial charge in [-0.2, -0.15) is 0 Å². The zero-order valence-electron chi connectivity index (χ0n) is 19.5. The van der Waals surface area contributed by atoms with Crippen LogP contribution in [0, 0.1) is 23.2 Å². The number of amides is 1. The minimum Gasteiger partial charge on any atom is -0.389 e. The van der Waals surface area contributed by atoms with E-state index in [1.54, 1.807) is 10.9 Å². The number of fused-ring (bicyclic) bond motifs is 2. The van der Waals surface area contributed by atoms with Gasteiger partial charge in [-0.1, -0.05) is 36.6 Å². The molecule has 4 N–H and O–H groups in total. The Kier molecular flexibility index (Phi) is 6.13. The highest BCUT2D eigenvalue weighted by atomic mass is 35.5. The van der Waals surface area contributed by atoms with Crippen molar-refractivity contribution in [3.05, 3.63) is 47.0 Å². The largest absolute Gasteiger partial charge is 0.389 e. The van der Waals surface area contributed by atoms with E-state index in [-0.39, 0.29) is 11.8 Å². The molecule has 35 heavy (non-hydrogen) atoms. The monoisotopic (exact) mass is 494 g/mol. The first-order valence-electron chi connectivity index (χ1n) is 11.7. The Labute approximate surface area is 207 Å². The van der Waals surface area contributed by atoms with Crippen molar-refractivity contribution in [1.82, 2.24) is 24.8 Å². The number of nitrogens with one attached hydrogen (secondary N) is 2. The van der Waals surface area contributed by atoms with E-state index >= 15 is 0 Å². The molecule has 3 aromatic rings. The summed E-state index contributed by atoms with van der Waals surface area (Å²) in [5.74, 6) is 6.46. The summed E-state index contributed by atoms with van der Waals surface area (Å²) < 4.78 is 1.75. The number of benzene rings is 1. The van der Waals surface area contributed by atoms with Crippen molar-refractivity contribution in [2.75, 3.05) is 12.4 Å². The fourth-order valence-electron chi connectivity index (χ4n) is 5.20. The van der Waals surface area contributed by atoms with Crippen LogP contribution in [0.3, 0.4) is 0 Å². The maximum absolute atomic E-state index is 12.5. The average Bonchev–Trinajstić information content (AvgIpc) is 3.39. The molecule has 0 spiro atoms. The average molecular weight is 495 g/mol. The number of hydrogen-bond acceptors (Lipinski definition) is 7. The minimum atomic E-state index is -1.17. The molecule has 2 aliphatic rings. The number of carbonyl (C=O) groups is 1. The van der Waals surface area contributed by atoms with E-state index in [2.05, 4.69) is 37.4 Å². The summed E-state index contributed by atoms with van der Waals surface area (Å²) in [7, 11) is 1.54. The van der Waals surface area contributed by atoms with E-state index in [9.17, 15) is 15.0 Å². The highest BCUT2D eigenvalue weighted by Crippen LogP contribution is 2.67. The highest BCUT2D eigenvalue weighted by Gasteiger charge is 2.75. The van der Waals surface area contributed by atoms with Crippen LogP contribution in [-0.2, 0) is 11.3 Å². The molecule has 2 aliphatic carbocycles. The Balaban J connectivity index is 1.54. The molecule has 0 saturated heterocycles. The summed E-state index contributed by atoms with van der Waals surface area (Å²) in [5, 5.41) is 28.3. The van der Waals surface area contributed by atoms with Gasteiger partial charge in [0.15, 0.2) is 17.0 Å². The molecule has 5 rings (SSSR count). The van der Waals surface area contributed by atoms with Crippen LogP contribution in [0.1, 0.15) is 43.6 Å². The first kappa shape index (κ1) is 23.5. The standard InChI is InChI=1S/C25H27ClN6O3/c1-3-4-5-9-17-30-22(28-12-14-7-6-8-15(26)10-14)18-23(31-17)32(13-29-18)19-16-11-25(16,24(35)27-2)21(34)20(19)33/h6-8,10,13,16,19-21,33-34H,3-4,11-12H2,1-2H3,(H,27,35)(H,28,30,31)/t16-,19-,20+,21+,25+/m1/s1. The molecule has 0 bridgehead atoms. The summed E-state index contributed by atoms with van der Waals surface area (Å²) in [5.41, 5.74) is 1.00. The highest BCUT2D eigenvalue weighted by molar-refractivity contribution is 6.30. The second-order valence-electron chi connectivity index (χ2n) is 9.11. The molecule has 0 radical (unpaired) electrons. The van der Waals surface area contributed by atoms with Crippen molar-refractivity contribution in [3.8, 4) is 11.8 Å². The molecule has 0 aliphatic heterocycles. The minimum absolute atomic E-state index is 0.225. The van der Waals surface area contributed by atoms with Gasteiger partial charge in [0.1, 0.15) is 6.10 Å². The molecule has 1 amide bonds. The number of carbonyl (C=O) groups excluding carboxylic acids is 1. The molecule has 0 unspecified atom stereocenters. The number of aliphatic hydroxyl groups excluding tert-OH is 2. The van der Waals surface area contributed by atoms with E-state index in [0.29, 0.717) is 40.8 Å². The number of halogens is 1. The zero-order valence-corrected chi connectivity index (χ0v) is 20.3. The second kappa shape index (κ2) is 9.11. The third kappa shape index (κ3) is 3.92. The van der Waals surface area contributed by atoms with E-state index < -0.39 is 23.7 Å². The molecular formula is C25H27ClN6O3. The number of aromatic nitrogens is 4. The zero-order chi connectivity index (χ0) is 24.7. The Morgan fingerprint density at radius 3 is 2.91 bits per heavy atom. The first-order chi connectivity index (χ1) is 16.9. The number of unbranched alkanes of at least 4 members (excludes halogenated alkanes) is 1. The Morgan fingerprint density at radius 1 is 1.34 bits per heavy atom. The van der Waals surface area contributed by atoms with Crippen LogP contribution >= 0.6 is 11.6 Å². The van der Waals surface area contributed by atoms with Gasteiger partial charge in [0, 0.05) is 31.0 Å². The number of anilines is 1. The number of nitrogens with zero attached hydrogens (tertiary/aromatic N) is 4. The Morgan fingerprint density at radius 2 is 2.17 bits per heavy atom. The molecule has 1 aromatic carbocycles. The van der Waals surface area contributed by atoms with Gasteiger partial charge in [-0.3, -0.25) is 4.79 Å². The smallest absolute Gasteiger partial charge is 0.229 e. The SMILES string of the molecule is CCCC#Cc1nc(NCc2cccc(Cl)c2)c2ncn([C@H]3[C@H](O)[C@H](O)[C@]4(C(=O)NC)C[C@H]34)c2n1. The van der Waals surface area contributed by atoms with Crippen molar-refractivity contribution >= 4 is 34.5 Å². The topological polar surface area (TPSA) is 125 Å². The Hall–Kier alpha value is -3.19. The number of aliphatic hydroxyl groups is 2. The van der Waals surface area contributed by atoms with Gasteiger partial charge < -0.3 is 25.4 Å². The lowest BCUT2D eigenvalue weighted by molar-refractivity contribution is -0.132. The van der Waals surface area contributed by atoms with E-state index in [1.807, 2.05) is 31.2 Å². The van der Waals surface area contributed by atoms with Crippen molar-refractivity contribution in [2.24, 2.45) is 11.3 Å². The van der Waals surface area contributed by atoms with E-state index in [1.165, 1.54) is 7.05 Å².